The highest BCUT2D eigenvalue weighted by atomic mass is 35.5. The molecule has 28 heavy (non-hydrogen) atoms. The summed E-state index contributed by atoms with van der Waals surface area (Å²) < 4.78 is 0. The molecule has 0 aliphatic carbocycles. The van der Waals surface area contributed by atoms with Crippen molar-refractivity contribution in [3.8, 4) is 0 Å². The fourth-order valence-corrected chi connectivity index (χ4v) is 3.36. The van der Waals surface area contributed by atoms with Gasteiger partial charge < -0.3 is 15.5 Å². The van der Waals surface area contributed by atoms with E-state index in [1.165, 1.54) is 24.9 Å². The van der Waals surface area contributed by atoms with E-state index < -0.39 is 0 Å². The largest absolute Gasteiger partial charge is 0.372 e. The van der Waals surface area contributed by atoms with Crippen LogP contribution in [-0.2, 0) is 0 Å². The number of benzene rings is 2. The normalized spacial score (nSPS) is 13.4. The molecule has 0 spiro atoms. The van der Waals surface area contributed by atoms with Gasteiger partial charge >= 0.3 is 0 Å². The average Bonchev–Trinajstić information content (AvgIpc) is 3.25. The van der Waals surface area contributed by atoms with E-state index in [-0.39, 0.29) is 11.6 Å². The number of halogens is 1. The molecule has 0 saturated carbocycles. The van der Waals surface area contributed by atoms with Gasteiger partial charge in [-0.25, -0.2) is 9.97 Å². The second-order valence-electron chi connectivity index (χ2n) is 6.59. The standard InChI is InChI=1S/C21H20ClN5O/c22-17-5-1-2-6-18(17)26-21(28)19-13-20(24-14-23-19)25-15-7-9-16(10-8-15)27-11-3-4-12-27/h1-2,5-10,13-14H,3-4,11-12H2,(H,26,28)(H,23,24,25). The van der Waals surface area contributed by atoms with Crippen molar-refractivity contribution in [2.45, 2.75) is 12.8 Å². The number of hydrogen-bond acceptors (Lipinski definition) is 5. The quantitative estimate of drug-likeness (QED) is 0.656. The maximum Gasteiger partial charge on any atom is 0.274 e. The molecule has 1 aliphatic rings. The summed E-state index contributed by atoms with van der Waals surface area (Å²) in [6.07, 6.45) is 3.86. The molecule has 0 bridgehead atoms. The number of nitrogens with zero attached hydrogens (tertiary/aromatic N) is 3. The van der Waals surface area contributed by atoms with Gasteiger partial charge in [-0.2, -0.15) is 0 Å². The van der Waals surface area contributed by atoms with E-state index >= 15 is 0 Å². The molecular formula is C21H20ClN5O. The lowest BCUT2D eigenvalue weighted by Crippen LogP contribution is -2.17. The first-order chi connectivity index (χ1) is 13.7. The van der Waals surface area contributed by atoms with Crippen LogP contribution in [0.15, 0.2) is 60.9 Å². The molecule has 1 saturated heterocycles. The van der Waals surface area contributed by atoms with Gasteiger partial charge in [0.1, 0.15) is 17.8 Å². The van der Waals surface area contributed by atoms with Crippen LogP contribution in [0.2, 0.25) is 5.02 Å². The number of hydrogen-bond donors (Lipinski definition) is 2. The van der Waals surface area contributed by atoms with E-state index in [2.05, 4.69) is 37.6 Å². The van der Waals surface area contributed by atoms with Crippen molar-refractivity contribution < 1.29 is 4.79 Å². The fraction of sp³-hybridized carbons (Fsp3) is 0.190. The highest BCUT2D eigenvalue weighted by Gasteiger charge is 2.13. The van der Waals surface area contributed by atoms with Gasteiger partial charge in [0, 0.05) is 30.5 Å². The lowest BCUT2D eigenvalue weighted by molar-refractivity contribution is 0.102. The molecule has 1 fully saturated rings. The van der Waals surface area contributed by atoms with Gasteiger partial charge in [0.25, 0.3) is 5.91 Å². The van der Waals surface area contributed by atoms with Gasteiger partial charge in [-0.1, -0.05) is 23.7 Å². The summed E-state index contributed by atoms with van der Waals surface area (Å²) in [6.45, 7) is 2.23. The van der Waals surface area contributed by atoms with Gasteiger partial charge in [-0.15, -0.1) is 0 Å². The fourth-order valence-electron chi connectivity index (χ4n) is 3.18. The first kappa shape index (κ1) is 18.3. The van der Waals surface area contributed by atoms with Crippen molar-refractivity contribution in [3.63, 3.8) is 0 Å². The second-order valence-corrected chi connectivity index (χ2v) is 7.00. The summed E-state index contributed by atoms with van der Waals surface area (Å²) in [5, 5.41) is 6.45. The molecule has 2 aromatic carbocycles. The maximum absolute atomic E-state index is 12.5. The van der Waals surface area contributed by atoms with Crippen LogP contribution in [0.25, 0.3) is 0 Å². The van der Waals surface area contributed by atoms with Crippen molar-refractivity contribution in [1.82, 2.24) is 9.97 Å². The topological polar surface area (TPSA) is 70.2 Å². The number of carbonyl (C=O) groups is 1. The van der Waals surface area contributed by atoms with Gasteiger partial charge in [0.2, 0.25) is 0 Å². The smallest absolute Gasteiger partial charge is 0.274 e. The number of para-hydroxylation sites is 1. The van der Waals surface area contributed by atoms with Crippen LogP contribution < -0.4 is 15.5 Å². The predicted molar refractivity (Wildman–Crippen MR) is 113 cm³/mol. The molecule has 3 aromatic rings. The lowest BCUT2D eigenvalue weighted by Gasteiger charge is -2.17. The molecule has 0 unspecified atom stereocenters. The molecular weight excluding hydrogens is 374 g/mol. The highest BCUT2D eigenvalue weighted by Crippen LogP contribution is 2.24. The van der Waals surface area contributed by atoms with E-state index in [9.17, 15) is 4.79 Å². The summed E-state index contributed by atoms with van der Waals surface area (Å²) in [7, 11) is 0. The van der Waals surface area contributed by atoms with Crippen molar-refractivity contribution >= 4 is 40.4 Å². The van der Waals surface area contributed by atoms with Crippen LogP contribution in [0.4, 0.5) is 22.9 Å². The SMILES string of the molecule is O=C(Nc1ccccc1Cl)c1cc(Nc2ccc(N3CCCC3)cc2)ncn1. The molecule has 0 atom stereocenters. The summed E-state index contributed by atoms with van der Waals surface area (Å²) in [5.41, 5.74) is 2.93. The summed E-state index contributed by atoms with van der Waals surface area (Å²) in [4.78, 5) is 23.1. The van der Waals surface area contributed by atoms with Crippen LogP contribution in [0.3, 0.4) is 0 Å². The van der Waals surface area contributed by atoms with Crippen LogP contribution in [0.5, 0.6) is 0 Å². The van der Waals surface area contributed by atoms with Crippen molar-refractivity contribution in [2.75, 3.05) is 28.6 Å². The third-order valence-corrected chi connectivity index (χ3v) is 4.96. The first-order valence-corrected chi connectivity index (χ1v) is 9.57. The summed E-state index contributed by atoms with van der Waals surface area (Å²) in [6, 6.07) is 16.9. The van der Waals surface area contributed by atoms with Crippen LogP contribution in [-0.4, -0.2) is 29.0 Å². The minimum Gasteiger partial charge on any atom is -0.372 e. The number of anilines is 4. The Kier molecular flexibility index (Phi) is 5.39. The molecule has 1 aliphatic heterocycles. The van der Waals surface area contributed by atoms with Gasteiger partial charge in [0.15, 0.2) is 0 Å². The van der Waals surface area contributed by atoms with E-state index in [4.69, 9.17) is 11.6 Å². The Morgan fingerprint density at radius 3 is 2.50 bits per heavy atom. The molecule has 4 rings (SSSR count). The van der Waals surface area contributed by atoms with E-state index in [1.807, 2.05) is 12.1 Å². The zero-order valence-corrected chi connectivity index (χ0v) is 16.0. The van der Waals surface area contributed by atoms with Crippen molar-refractivity contribution in [1.29, 1.82) is 0 Å². The number of amides is 1. The Hall–Kier alpha value is -3.12. The number of aromatic nitrogens is 2. The first-order valence-electron chi connectivity index (χ1n) is 9.19. The Bertz CT molecular complexity index is 971. The minimum atomic E-state index is -0.345. The summed E-state index contributed by atoms with van der Waals surface area (Å²) >= 11 is 6.09. The molecule has 1 amide bonds. The maximum atomic E-state index is 12.5. The Labute approximate surface area is 168 Å². The van der Waals surface area contributed by atoms with Crippen LogP contribution >= 0.6 is 11.6 Å². The second kappa shape index (κ2) is 8.27. The molecule has 0 radical (unpaired) electrons. The van der Waals surface area contributed by atoms with Gasteiger partial charge in [-0.3, -0.25) is 4.79 Å². The third kappa shape index (κ3) is 4.23. The summed E-state index contributed by atoms with van der Waals surface area (Å²) in [5.74, 6) is 0.205. The van der Waals surface area contributed by atoms with Gasteiger partial charge in [0.05, 0.1) is 10.7 Å². The number of carbonyl (C=O) groups excluding carboxylic acids is 1. The minimum absolute atomic E-state index is 0.256. The van der Waals surface area contributed by atoms with E-state index in [0.29, 0.717) is 16.5 Å². The molecule has 142 valence electrons. The third-order valence-electron chi connectivity index (χ3n) is 4.63. The molecule has 2 N–H and O–H groups in total. The Morgan fingerprint density at radius 1 is 1.00 bits per heavy atom. The van der Waals surface area contributed by atoms with Gasteiger partial charge in [-0.05, 0) is 49.2 Å². The van der Waals surface area contributed by atoms with E-state index in [1.54, 1.807) is 30.3 Å². The molecule has 6 nitrogen and oxygen atoms in total. The molecule has 7 heteroatoms. The Morgan fingerprint density at radius 2 is 1.75 bits per heavy atom. The monoisotopic (exact) mass is 393 g/mol. The highest BCUT2D eigenvalue weighted by molar-refractivity contribution is 6.33. The lowest BCUT2D eigenvalue weighted by atomic mass is 10.2. The predicted octanol–water partition coefficient (Wildman–Crippen LogP) is 4.73. The van der Waals surface area contributed by atoms with Crippen LogP contribution in [0, 0.1) is 0 Å². The molecule has 1 aromatic heterocycles. The van der Waals surface area contributed by atoms with Crippen LogP contribution in [0.1, 0.15) is 23.3 Å². The molecule has 2 heterocycles. The van der Waals surface area contributed by atoms with Crippen molar-refractivity contribution in [2.24, 2.45) is 0 Å². The van der Waals surface area contributed by atoms with Crippen molar-refractivity contribution in [3.05, 3.63) is 71.6 Å². The Balaban J connectivity index is 1.44. The zero-order chi connectivity index (χ0) is 19.3. The van der Waals surface area contributed by atoms with E-state index in [0.717, 1.165) is 18.8 Å². The number of rotatable bonds is 5. The average molecular weight is 394 g/mol. The zero-order valence-electron chi connectivity index (χ0n) is 15.2. The number of nitrogens with one attached hydrogen (secondary N) is 2.